The Hall–Kier alpha value is -1.53. The quantitative estimate of drug-likeness (QED) is 0.852. The second-order valence-corrected chi connectivity index (χ2v) is 5.51. The molecule has 0 saturated heterocycles. The molecule has 1 saturated carbocycles. The summed E-state index contributed by atoms with van der Waals surface area (Å²) < 4.78 is 5.30. The summed E-state index contributed by atoms with van der Waals surface area (Å²) in [6.07, 6.45) is 4.10. The highest BCUT2D eigenvalue weighted by Gasteiger charge is 2.20. The highest BCUT2D eigenvalue weighted by Crippen LogP contribution is 2.29. The van der Waals surface area contributed by atoms with Crippen molar-refractivity contribution < 1.29 is 4.74 Å². The van der Waals surface area contributed by atoms with Gasteiger partial charge in [0, 0.05) is 6.54 Å². The van der Waals surface area contributed by atoms with E-state index in [1.165, 1.54) is 24.8 Å². The first kappa shape index (κ1) is 13.9. The van der Waals surface area contributed by atoms with Crippen LogP contribution in [0.4, 0.5) is 0 Å². The first-order chi connectivity index (χ1) is 9.28. The lowest BCUT2D eigenvalue weighted by Gasteiger charge is -2.11. The van der Waals surface area contributed by atoms with Gasteiger partial charge >= 0.3 is 0 Å². The Kier molecular flexibility index (Phi) is 5.23. The molecule has 1 aromatic carbocycles. The van der Waals surface area contributed by atoms with Crippen molar-refractivity contribution in [2.45, 2.75) is 32.7 Å². The fraction of sp³-hybridized carbons (Fsp3) is 0.562. The molecule has 0 aliphatic heterocycles. The third-order valence-electron chi connectivity index (χ3n) is 3.77. The SMILES string of the molecule is CC1CCC(CNCc2cccc(OCC#N)c2)C1. The van der Waals surface area contributed by atoms with E-state index in [-0.39, 0.29) is 6.61 Å². The Labute approximate surface area is 115 Å². The van der Waals surface area contributed by atoms with Crippen molar-refractivity contribution >= 4 is 0 Å². The minimum absolute atomic E-state index is 0.108. The van der Waals surface area contributed by atoms with Gasteiger partial charge in [0.15, 0.2) is 6.61 Å². The van der Waals surface area contributed by atoms with Gasteiger partial charge < -0.3 is 10.1 Å². The maximum Gasteiger partial charge on any atom is 0.174 e. The summed E-state index contributed by atoms with van der Waals surface area (Å²) in [6, 6.07) is 9.93. The average molecular weight is 258 g/mol. The van der Waals surface area contributed by atoms with Crippen LogP contribution in [0.15, 0.2) is 24.3 Å². The van der Waals surface area contributed by atoms with Crippen LogP contribution in [0.5, 0.6) is 5.75 Å². The van der Waals surface area contributed by atoms with Crippen LogP contribution < -0.4 is 10.1 Å². The number of nitrogens with zero attached hydrogens (tertiary/aromatic N) is 1. The number of nitriles is 1. The van der Waals surface area contributed by atoms with Gasteiger partial charge in [-0.3, -0.25) is 0 Å². The van der Waals surface area contributed by atoms with Gasteiger partial charge in [-0.1, -0.05) is 25.5 Å². The Morgan fingerprint density at radius 2 is 2.32 bits per heavy atom. The number of hydrogen-bond acceptors (Lipinski definition) is 3. The number of hydrogen-bond donors (Lipinski definition) is 1. The van der Waals surface area contributed by atoms with Crippen molar-refractivity contribution in [1.29, 1.82) is 5.26 Å². The average Bonchev–Trinajstić information content (AvgIpc) is 2.83. The molecule has 1 aliphatic rings. The maximum absolute atomic E-state index is 8.49. The van der Waals surface area contributed by atoms with Crippen LogP contribution in [-0.2, 0) is 6.54 Å². The molecule has 2 rings (SSSR count). The van der Waals surface area contributed by atoms with Gasteiger partial charge in [-0.25, -0.2) is 0 Å². The number of nitrogens with one attached hydrogen (secondary N) is 1. The second kappa shape index (κ2) is 7.16. The van der Waals surface area contributed by atoms with Gasteiger partial charge in [-0.2, -0.15) is 5.26 Å². The van der Waals surface area contributed by atoms with Crippen LogP contribution in [0.1, 0.15) is 31.7 Å². The van der Waals surface area contributed by atoms with E-state index in [0.717, 1.165) is 30.7 Å². The smallest absolute Gasteiger partial charge is 0.174 e. The Balaban J connectivity index is 1.74. The fourth-order valence-corrected chi connectivity index (χ4v) is 2.79. The van der Waals surface area contributed by atoms with Crippen molar-refractivity contribution in [2.75, 3.05) is 13.2 Å². The topological polar surface area (TPSA) is 45.0 Å². The van der Waals surface area contributed by atoms with Gasteiger partial charge in [0.25, 0.3) is 0 Å². The Bertz CT molecular complexity index is 439. The number of benzene rings is 1. The van der Waals surface area contributed by atoms with Crippen molar-refractivity contribution in [3.63, 3.8) is 0 Å². The summed E-state index contributed by atoms with van der Waals surface area (Å²) in [6.45, 7) is 4.43. The fourth-order valence-electron chi connectivity index (χ4n) is 2.79. The van der Waals surface area contributed by atoms with Gasteiger partial charge in [0.2, 0.25) is 0 Å². The van der Waals surface area contributed by atoms with Crippen LogP contribution in [-0.4, -0.2) is 13.2 Å². The summed E-state index contributed by atoms with van der Waals surface area (Å²) in [7, 11) is 0. The summed E-state index contributed by atoms with van der Waals surface area (Å²) in [4.78, 5) is 0. The molecule has 3 nitrogen and oxygen atoms in total. The van der Waals surface area contributed by atoms with Crippen LogP contribution in [0.25, 0.3) is 0 Å². The molecule has 2 unspecified atom stereocenters. The minimum atomic E-state index is 0.108. The predicted molar refractivity (Wildman–Crippen MR) is 75.8 cm³/mol. The summed E-state index contributed by atoms with van der Waals surface area (Å²) in [5, 5.41) is 12.0. The largest absolute Gasteiger partial charge is 0.479 e. The van der Waals surface area contributed by atoms with Crippen LogP contribution in [0.3, 0.4) is 0 Å². The molecule has 3 heteroatoms. The third kappa shape index (κ3) is 4.57. The van der Waals surface area contributed by atoms with Gasteiger partial charge in [0.05, 0.1) is 0 Å². The van der Waals surface area contributed by atoms with E-state index in [9.17, 15) is 0 Å². The molecule has 2 atom stereocenters. The Morgan fingerprint density at radius 3 is 3.05 bits per heavy atom. The molecule has 0 bridgehead atoms. The molecule has 1 fully saturated rings. The maximum atomic E-state index is 8.49. The molecule has 0 spiro atoms. The molecule has 0 radical (unpaired) electrons. The van der Waals surface area contributed by atoms with E-state index in [2.05, 4.69) is 18.3 Å². The van der Waals surface area contributed by atoms with Gasteiger partial charge in [-0.05, 0) is 48.9 Å². The molecule has 0 amide bonds. The lowest BCUT2D eigenvalue weighted by molar-refractivity contribution is 0.367. The standard InChI is InChI=1S/C16H22N2O/c1-13-5-6-15(9-13)12-18-11-14-3-2-4-16(10-14)19-8-7-17/h2-4,10,13,15,18H,5-6,8-9,11-12H2,1H3. The van der Waals surface area contributed by atoms with Crippen LogP contribution in [0.2, 0.25) is 0 Å². The summed E-state index contributed by atoms with van der Waals surface area (Å²) in [5.74, 6) is 2.51. The van der Waals surface area contributed by atoms with Crippen molar-refractivity contribution in [2.24, 2.45) is 11.8 Å². The van der Waals surface area contributed by atoms with E-state index in [0.29, 0.717) is 0 Å². The zero-order chi connectivity index (χ0) is 13.5. The lowest BCUT2D eigenvalue weighted by atomic mass is 10.1. The van der Waals surface area contributed by atoms with Gasteiger partial charge in [-0.15, -0.1) is 0 Å². The second-order valence-electron chi connectivity index (χ2n) is 5.51. The van der Waals surface area contributed by atoms with E-state index in [4.69, 9.17) is 10.00 Å². The van der Waals surface area contributed by atoms with E-state index in [1.807, 2.05) is 24.3 Å². The first-order valence-corrected chi connectivity index (χ1v) is 7.07. The number of rotatable bonds is 6. The third-order valence-corrected chi connectivity index (χ3v) is 3.77. The van der Waals surface area contributed by atoms with Crippen LogP contribution >= 0.6 is 0 Å². The molecule has 1 aromatic rings. The molecule has 19 heavy (non-hydrogen) atoms. The van der Waals surface area contributed by atoms with Crippen molar-refractivity contribution in [3.8, 4) is 11.8 Å². The minimum Gasteiger partial charge on any atom is -0.479 e. The van der Waals surface area contributed by atoms with E-state index < -0.39 is 0 Å². The monoisotopic (exact) mass is 258 g/mol. The van der Waals surface area contributed by atoms with E-state index >= 15 is 0 Å². The summed E-state index contributed by atoms with van der Waals surface area (Å²) >= 11 is 0. The molecular formula is C16H22N2O. The normalized spacial score (nSPS) is 22.1. The first-order valence-electron chi connectivity index (χ1n) is 7.07. The zero-order valence-electron chi connectivity index (χ0n) is 11.6. The molecular weight excluding hydrogens is 236 g/mol. The highest BCUT2D eigenvalue weighted by atomic mass is 16.5. The number of ether oxygens (including phenoxy) is 1. The molecule has 102 valence electrons. The predicted octanol–water partition coefficient (Wildman–Crippen LogP) is 3.11. The highest BCUT2D eigenvalue weighted by molar-refractivity contribution is 5.28. The van der Waals surface area contributed by atoms with Crippen molar-refractivity contribution in [1.82, 2.24) is 5.32 Å². The lowest BCUT2D eigenvalue weighted by Crippen LogP contribution is -2.20. The molecule has 0 aromatic heterocycles. The van der Waals surface area contributed by atoms with E-state index in [1.54, 1.807) is 0 Å². The molecule has 0 heterocycles. The molecule has 1 aliphatic carbocycles. The molecule has 1 N–H and O–H groups in total. The van der Waals surface area contributed by atoms with Crippen LogP contribution in [0, 0.1) is 23.2 Å². The zero-order valence-corrected chi connectivity index (χ0v) is 11.6. The van der Waals surface area contributed by atoms with Crippen molar-refractivity contribution in [3.05, 3.63) is 29.8 Å². The summed E-state index contributed by atoms with van der Waals surface area (Å²) in [5.41, 5.74) is 1.21. The Morgan fingerprint density at radius 1 is 1.42 bits per heavy atom. The van der Waals surface area contributed by atoms with Gasteiger partial charge in [0.1, 0.15) is 11.8 Å².